The van der Waals surface area contributed by atoms with Crippen LogP contribution in [0.5, 0.6) is 0 Å². The number of nitrogen functional groups attached to an aromatic ring is 1. The molecule has 0 atom stereocenters. The minimum absolute atomic E-state index is 0.272. The lowest BCUT2D eigenvalue weighted by atomic mass is 10.1. The Morgan fingerprint density at radius 3 is 2.00 bits per heavy atom. The predicted molar refractivity (Wildman–Crippen MR) is 86.9 cm³/mol. The van der Waals surface area contributed by atoms with Crippen LogP contribution in [0.2, 0.25) is 0 Å². The van der Waals surface area contributed by atoms with Gasteiger partial charge in [0.15, 0.2) is 0 Å². The normalized spacial score (nSPS) is 10.5. The molecular weight excluding hydrogens is 280 g/mol. The van der Waals surface area contributed by atoms with Crippen LogP contribution < -0.4 is 5.73 Å². The molecule has 104 valence electrons. The molecule has 0 saturated heterocycles. The van der Waals surface area contributed by atoms with E-state index in [4.69, 9.17) is 5.73 Å². The zero-order valence-electron chi connectivity index (χ0n) is 11.5. The van der Waals surface area contributed by atoms with Gasteiger partial charge in [0.2, 0.25) is 5.95 Å². The van der Waals surface area contributed by atoms with Gasteiger partial charge in [0.1, 0.15) is 0 Å². The van der Waals surface area contributed by atoms with Crippen molar-refractivity contribution < 1.29 is 0 Å². The van der Waals surface area contributed by atoms with Crippen molar-refractivity contribution in [2.45, 2.75) is 4.90 Å². The molecule has 0 aliphatic carbocycles. The lowest BCUT2D eigenvalue weighted by molar-refractivity contribution is 1.19. The number of nitrogens with zero attached hydrogens (tertiary/aromatic N) is 3. The van der Waals surface area contributed by atoms with E-state index in [1.165, 1.54) is 4.90 Å². The number of pyridine rings is 1. The number of thioether (sulfide) groups is 1. The van der Waals surface area contributed by atoms with Crippen molar-refractivity contribution in [3.8, 4) is 22.5 Å². The highest BCUT2D eigenvalue weighted by Crippen LogP contribution is 2.25. The molecule has 21 heavy (non-hydrogen) atoms. The van der Waals surface area contributed by atoms with E-state index in [-0.39, 0.29) is 5.95 Å². The third-order valence-corrected chi connectivity index (χ3v) is 3.85. The number of nitrogens with two attached hydrogens (primary N) is 1. The molecule has 0 radical (unpaired) electrons. The summed E-state index contributed by atoms with van der Waals surface area (Å²) in [6, 6.07) is 14.0. The SMILES string of the molecule is CSc1ccc(-c2cc(-c3ccncc3)nc(N)n2)cc1. The average molecular weight is 294 g/mol. The van der Waals surface area contributed by atoms with Gasteiger partial charge in [0, 0.05) is 28.4 Å². The summed E-state index contributed by atoms with van der Waals surface area (Å²) in [4.78, 5) is 13.9. The summed E-state index contributed by atoms with van der Waals surface area (Å²) in [6.45, 7) is 0. The summed E-state index contributed by atoms with van der Waals surface area (Å²) in [5.41, 5.74) is 9.47. The molecule has 0 saturated carbocycles. The lowest BCUT2D eigenvalue weighted by Crippen LogP contribution is -1.98. The van der Waals surface area contributed by atoms with Crippen molar-refractivity contribution in [2.75, 3.05) is 12.0 Å². The van der Waals surface area contributed by atoms with Gasteiger partial charge in [0.05, 0.1) is 11.4 Å². The van der Waals surface area contributed by atoms with Gasteiger partial charge in [-0.25, -0.2) is 9.97 Å². The summed E-state index contributed by atoms with van der Waals surface area (Å²) in [7, 11) is 0. The lowest BCUT2D eigenvalue weighted by Gasteiger charge is -2.06. The maximum atomic E-state index is 5.85. The molecule has 2 heterocycles. The Labute approximate surface area is 127 Å². The van der Waals surface area contributed by atoms with Crippen LogP contribution in [-0.4, -0.2) is 21.2 Å². The van der Waals surface area contributed by atoms with E-state index in [1.54, 1.807) is 24.2 Å². The highest BCUT2D eigenvalue weighted by atomic mass is 32.2. The van der Waals surface area contributed by atoms with E-state index in [1.807, 2.05) is 30.3 Å². The van der Waals surface area contributed by atoms with E-state index in [9.17, 15) is 0 Å². The van der Waals surface area contributed by atoms with E-state index in [2.05, 4.69) is 33.3 Å². The Morgan fingerprint density at radius 1 is 0.857 bits per heavy atom. The van der Waals surface area contributed by atoms with Gasteiger partial charge in [-0.1, -0.05) is 12.1 Å². The van der Waals surface area contributed by atoms with Crippen LogP contribution in [0.25, 0.3) is 22.5 Å². The van der Waals surface area contributed by atoms with Crippen molar-refractivity contribution in [1.29, 1.82) is 0 Å². The van der Waals surface area contributed by atoms with E-state index in [0.717, 1.165) is 22.5 Å². The van der Waals surface area contributed by atoms with Crippen LogP contribution in [0.1, 0.15) is 0 Å². The topological polar surface area (TPSA) is 64.7 Å². The van der Waals surface area contributed by atoms with Gasteiger partial charge >= 0.3 is 0 Å². The number of hydrogen-bond acceptors (Lipinski definition) is 5. The number of rotatable bonds is 3. The second-order valence-electron chi connectivity index (χ2n) is 4.46. The third-order valence-electron chi connectivity index (χ3n) is 3.11. The zero-order chi connectivity index (χ0) is 14.7. The van der Waals surface area contributed by atoms with Gasteiger partial charge in [-0.05, 0) is 36.6 Å². The molecular formula is C16H14N4S. The molecule has 4 nitrogen and oxygen atoms in total. The molecule has 2 aromatic heterocycles. The van der Waals surface area contributed by atoms with Crippen LogP contribution in [0.4, 0.5) is 5.95 Å². The molecule has 0 bridgehead atoms. The smallest absolute Gasteiger partial charge is 0.221 e. The van der Waals surface area contributed by atoms with Crippen LogP contribution in [-0.2, 0) is 0 Å². The molecule has 0 aliphatic heterocycles. The number of aromatic nitrogens is 3. The fourth-order valence-corrected chi connectivity index (χ4v) is 2.45. The maximum absolute atomic E-state index is 5.85. The molecule has 1 aromatic carbocycles. The summed E-state index contributed by atoms with van der Waals surface area (Å²) in [5, 5.41) is 0. The molecule has 0 unspecified atom stereocenters. The Balaban J connectivity index is 2.05. The molecule has 0 spiro atoms. The molecule has 0 fully saturated rings. The Bertz CT molecular complexity index is 742. The molecule has 0 aliphatic rings. The van der Waals surface area contributed by atoms with E-state index < -0.39 is 0 Å². The second-order valence-corrected chi connectivity index (χ2v) is 5.34. The van der Waals surface area contributed by atoms with Gasteiger partial charge in [0.25, 0.3) is 0 Å². The molecule has 2 N–H and O–H groups in total. The number of anilines is 1. The first-order valence-electron chi connectivity index (χ1n) is 6.45. The van der Waals surface area contributed by atoms with Crippen molar-refractivity contribution in [3.05, 3.63) is 54.9 Å². The minimum Gasteiger partial charge on any atom is -0.368 e. The van der Waals surface area contributed by atoms with Crippen LogP contribution >= 0.6 is 11.8 Å². The number of benzene rings is 1. The summed E-state index contributed by atoms with van der Waals surface area (Å²) in [5.74, 6) is 0.272. The van der Waals surface area contributed by atoms with Gasteiger partial charge < -0.3 is 5.73 Å². The molecule has 3 aromatic rings. The zero-order valence-corrected chi connectivity index (χ0v) is 12.3. The van der Waals surface area contributed by atoms with Crippen LogP contribution in [0, 0.1) is 0 Å². The highest BCUT2D eigenvalue weighted by Gasteiger charge is 2.07. The standard InChI is InChI=1S/C16H14N4S/c1-21-13-4-2-11(3-5-13)14-10-15(20-16(17)19-14)12-6-8-18-9-7-12/h2-10H,1H3,(H2,17,19,20). The fraction of sp³-hybridized carbons (Fsp3) is 0.0625. The van der Waals surface area contributed by atoms with Gasteiger partial charge in [-0.3, -0.25) is 4.98 Å². The quantitative estimate of drug-likeness (QED) is 0.749. The van der Waals surface area contributed by atoms with Crippen molar-refractivity contribution >= 4 is 17.7 Å². The van der Waals surface area contributed by atoms with E-state index >= 15 is 0 Å². The first kappa shape index (κ1) is 13.6. The monoisotopic (exact) mass is 294 g/mol. The van der Waals surface area contributed by atoms with Crippen molar-refractivity contribution in [3.63, 3.8) is 0 Å². The fourth-order valence-electron chi connectivity index (χ4n) is 2.05. The minimum atomic E-state index is 0.272. The molecule has 5 heteroatoms. The third kappa shape index (κ3) is 3.03. The largest absolute Gasteiger partial charge is 0.368 e. The molecule has 3 rings (SSSR count). The van der Waals surface area contributed by atoms with Gasteiger partial charge in [-0.2, -0.15) is 0 Å². The maximum Gasteiger partial charge on any atom is 0.221 e. The Hall–Kier alpha value is -2.40. The van der Waals surface area contributed by atoms with E-state index in [0.29, 0.717) is 0 Å². The molecule has 0 amide bonds. The summed E-state index contributed by atoms with van der Waals surface area (Å²) >= 11 is 1.71. The summed E-state index contributed by atoms with van der Waals surface area (Å²) in [6.07, 6.45) is 5.53. The predicted octanol–water partition coefficient (Wildman–Crippen LogP) is 3.51. The first-order chi connectivity index (χ1) is 10.3. The highest BCUT2D eigenvalue weighted by molar-refractivity contribution is 7.98. The van der Waals surface area contributed by atoms with Crippen LogP contribution in [0.15, 0.2) is 59.8 Å². The Morgan fingerprint density at radius 2 is 1.43 bits per heavy atom. The first-order valence-corrected chi connectivity index (χ1v) is 7.68. The average Bonchev–Trinajstić information content (AvgIpc) is 2.55. The second kappa shape index (κ2) is 5.93. The van der Waals surface area contributed by atoms with Crippen LogP contribution in [0.3, 0.4) is 0 Å². The van der Waals surface area contributed by atoms with Crippen molar-refractivity contribution in [1.82, 2.24) is 15.0 Å². The van der Waals surface area contributed by atoms with Crippen molar-refractivity contribution in [2.24, 2.45) is 0 Å². The number of hydrogen-bond donors (Lipinski definition) is 1. The summed E-state index contributed by atoms with van der Waals surface area (Å²) < 4.78 is 0. The Kier molecular flexibility index (Phi) is 3.83. The van der Waals surface area contributed by atoms with Gasteiger partial charge in [-0.15, -0.1) is 11.8 Å².